The fraction of sp³-hybridized carbons (Fsp3) is 0.0370. The molecule has 51 heteroatoms. The van der Waals surface area contributed by atoms with E-state index in [1.54, 1.807) is 6.07 Å². The maximum absolute atomic E-state index is 13.2. The molecule has 2 aromatic heterocycles. The summed E-state index contributed by atoms with van der Waals surface area (Å²) in [7, 11) is -41.7. The topological polar surface area (TPSA) is 651 Å². The van der Waals surface area contributed by atoms with Crippen molar-refractivity contribution in [3.05, 3.63) is 154 Å². The first kappa shape index (κ1) is 78.5. The Morgan fingerprint density at radius 1 is 0.390 bits per heavy atom. The summed E-state index contributed by atoms with van der Waals surface area (Å²) in [6, 6.07) is 19.8. The number of aromatic amines is 3. The van der Waals surface area contributed by atoms with Crippen LogP contribution in [0.1, 0.15) is 5.56 Å². The number of nitrogens with one attached hydrogen (secondary N) is 3. The molecule has 11 aromatic rings. The molecule has 0 aliphatic carbocycles. The minimum Gasteiger partial charge on any atom is -0.505 e. The summed E-state index contributed by atoms with van der Waals surface area (Å²) < 4.78 is 286. The summed E-state index contributed by atoms with van der Waals surface area (Å²) in [5.74, 6) is -2.67. The van der Waals surface area contributed by atoms with Crippen LogP contribution < -0.4 is 21.8 Å². The van der Waals surface area contributed by atoms with Gasteiger partial charge in [0, 0.05) is 86.2 Å². The van der Waals surface area contributed by atoms with Crippen molar-refractivity contribution in [3.8, 4) is 11.5 Å². The minimum atomic E-state index is -5.62. The van der Waals surface area contributed by atoms with Crippen LogP contribution in [0.4, 0.5) is 45.8 Å². The zero-order valence-corrected chi connectivity index (χ0v) is 61.7. The molecule has 0 aliphatic rings. The Morgan fingerprint density at radius 3 is 1.23 bits per heavy atom. The number of phenolic OH excluding ortho intramolecular Hbond substituents is 2. The summed E-state index contributed by atoms with van der Waals surface area (Å²) in [4.78, 5) is 25.0. The first-order valence-corrected chi connectivity index (χ1v) is 39.8. The van der Waals surface area contributed by atoms with Crippen molar-refractivity contribution in [3.63, 3.8) is 0 Å². The van der Waals surface area contributed by atoms with Crippen LogP contribution in [0.15, 0.2) is 196 Å². The largest absolute Gasteiger partial charge is 0.505 e. The predicted molar refractivity (Wildman–Crippen MR) is 365 cm³/mol. The molecule has 0 unspecified atom stereocenters. The molecule has 40 nitrogen and oxygen atoms in total. The van der Waals surface area contributed by atoms with Crippen molar-refractivity contribution in [2.45, 2.75) is 45.7 Å². The smallest absolute Gasteiger partial charge is 0.297 e. The van der Waals surface area contributed by atoms with Gasteiger partial charge in [-0.1, -0.05) is 48.5 Å². The molecule has 1 radical (unpaired) electrons. The average molecular weight is 1650 g/mol. The van der Waals surface area contributed by atoms with Crippen LogP contribution in [0.25, 0.3) is 43.1 Å². The van der Waals surface area contributed by atoms with Gasteiger partial charge in [-0.2, -0.15) is 82.3 Å². The Hall–Kier alpha value is -9.10. The van der Waals surface area contributed by atoms with E-state index >= 15 is 0 Å². The number of halogens is 2. The van der Waals surface area contributed by atoms with E-state index in [9.17, 15) is 114 Å². The van der Waals surface area contributed by atoms with Gasteiger partial charge in [-0.25, -0.2) is 15.0 Å². The predicted octanol–water partition coefficient (Wildman–Crippen LogP) is 6.94. The van der Waals surface area contributed by atoms with Crippen molar-refractivity contribution in [2.75, 3.05) is 11.9 Å². The van der Waals surface area contributed by atoms with Crippen LogP contribution in [0, 0.1) is 0 Å². The first-order chi connectivity index (χ1) is 48.2. The molecule has 11 rings (SSSR count). The number of fused-ring (bicyclic) bond motifs is 4. The van der Waals surface area contributed by atoms with E-state index in [1.165, 1.54) is 30.1 Å². The molecule has 0 amide bonds. The van der Waals surface area contributed by atoms with E-state index in [0.29, 0.717) is 17.7 Å². The van der Waals surface area contributed by atoms with E-state index in [1.807, 2.05) is 0 Å². The molecule has 0 bridgehead atoms. The van der Waals surface area contributed by atoms with Crippen LogP contribution in [0.5, 0.6) is 11.5 Å². The summed E-state index contributed by atoms with van der Waals surface area (Å²) in [6.45, 7) is -0.0913. The molecular weight excluding hydrogens is 1610 g/mol. The molecule has 0 aliphatic heterocycles. The number of phenols is 2. The van der Waals surface area contributed by atoms with Crippen LogP contribution in [-0.4, -0.2) is 180 Å². The van der Waals surface area contributed by atoms with Gasteiger partial charge in [0.05, 0.1) is 17.1 Å². The normalized spacial score (nSPS) is 13.6. The maximum atomic E-state index is 13.2. The number of azo groups is 2. The Bertz CT molecular complexity index is 6940. The van der Waals surface area contributed by atoms with Gasteiger partial charge >= 0.3 is 0 Å². The number of hydrogen-bond donors (Lipinski definition) is 13. The number of anilines is 1. The Balaban J connectivity index is 0.0000118. The van der Waals surface area contributed by atoms with Crippen LogP contribution in [-0.2, 0) is 87.5 Å². The number of nitrogens with zero attached hydrogens (tertiary/aromatic N) is 11. The number of rotatable bonds is 18. The molecule has 9 aromatic carbocycles. The Labute approximate surface area is 620 Å². The molecule has 543 valence electrons. The van der Waals surface area contributed by atoms with Crippen molar-refractivity contribution in [1.82, 2.24) is 29.9 Å². The Kier molecular flexibility index (Phi) is 21.2. The standard InChI is InChI=1S/C54H38Cl2N14O26S8.Na/c1-70(54-63-50(56)62-53(65-54)59-34-16-14-28-32(48(34)104(94,95)96)21-40(100(82,83)84)42(44(28)72)69-67-36-18-12-26-30(46(36)102(88,89)90)8-4-10-38(26)98(76,77)78)22-23-5-2-6-24(19-23)57-51-60-49(55)61-52(64-51)58-33-15-13-27-31(47(33)103(91,92)93)20-39(99(79,80)81)41(43(27)71)68-66-35-17-11-25-29(45(35)101(85,86)87)7-3-9-37(25)97(73,74)75;/h2-21,71-72H,22H2,1H3,(H,73,74,75)(H,76,77,78)(H,79,80,81)(H,82,83,84)(H,85,86,87)(H,88,89,90)(H,91,92,93)(H,94,95,96)(H,59,62,63,65)(H2,57,58,60,61,64);. The molecule has 13 N–H and O–H groups in total. The zero-order valence-electron chi connectivity index (χ0n) is 51.7. The van der Waals surface area contributed by atoms with Gasteiger partial charge in [0.15, 0.2) is 11.5 Å². The van der Waals surface area contributed by atoms with E-state index in [2.05, 4.69) is 65.3 Å². The second-order valence-electron chi connectivity index (χ2n) is 21.3. The average Bonchev–Trinajstić information content (AvgIpc) is 0.756. The van der Waals surface area contributed by atoms with Gasteiger partial charge in [-0.05, 0) is 102 Å². The van der Waals surface area contributed by atoms with Gasteiger partial charge in [-0.3, -0.25) is 46.4 Å². The molecule has 105 heavy (non-hydrogen) atoms. The number of hydrogen-bond acceptors (Lipinski definition) is 29. The van der Waals surface area contributed by atoms with Crippen LogP contribution in [0.3, 0.4) is 0 Å². The van der Waals surface area contributed by atoms with E-state index in [0.717, 1.165) is 84.9 Å². The third kappa shape index (κ3) is 16.5. The van der Waals surface area contributed by atoms with Crippen molar-refractivity contribution >= 4 is 223 Å². The molecular formula is C54H38Cl2N14NaO26S8. The minimum absolute atomic E-state index is 0. The number of aromatic nitrogens is 6. The third-order valence-electron chi connectivity index (χ3n) is 14.5. The second kappa shape index (κ2) is 28.3. The first-order valence-electron chi connectivity index (χ1n) is 27.5. The zero-order chi connectivity index (χ0) is 76.1. The van der Waals surface area contributed by atoms with Gasteiger partial charge in [-0.15, -0.1) is 20.5 Å². The van der Waals surface area contributed by atoms with Crippen molar-refractivity contribution in [1.29, 1.82) is 0 Å². The van der Waals surface area contributed by atoms with E-state index < -0.39 is 231 Å². The number of aromatic hydroxyl groups is 2. The van der Waals surface area contributed by atoms with Crippen LogP contribution in [0.2, 0.25) is 10.6 Å². The fourth-order valence-corrected chi connectivity index (χ4v) is 16.9. The van der Waals surface area contributed by atoms with Gasteiger partial charge in [0.25, 0.3) is 80.9 Å². The van der Waals surface area contributed by atoms with Crippen LogP contribution >= 0.6 is 23.2 Å². The molecule has 2 heterocycles. The monoisotopic (exact) mass is 1650 g/mol. The second-order valence-corrected chi connectivity index (χ2v) is 33.0. The van der Waals surface area contributed by atoms with Crippen molar-refractivity contribution < 1.29 is 114 Å². The summed E-state index contributed by atoms with van der Waals surface area (Å²) in [5, 5.41) is 31.6. The van der Waals surface area contributed by atoms with E-state index in [-0.39, 0.29) is 53.4 Å². The third-order valence-corrected chi connectivity index (χ3v) is 22.2. The molecule has 0 saturated carbocycles. The summed E-state index contributed by atoms with van der Waals surface area (Å²) >= 11 is 12.6. The fourth-order valence-electron chi connectivity index (χ4n) is 10.5. The SMILES string of the molecule is CN(Cc1cccc(N=c2nc(Cl)[nH]c(=Nc3ccc4c(O)c(N=Nc5ccc6c(S(=O)(=O)O)cccc6c5S(=O)(=O)O)c(S(=O)(=O)O)cc4c3S(=O)(=O)O)[nH]2)c1)c1nc(Cl)nc(=Nc2ccc3c(O)c(N=Nc4ccc5c(S(=O)(=O)O)cccc5c4S(=O)(=O)O)c(S(=O)(=O)O)cc3c2S(=O)(=O)O)[nH]1.[Na]. The molecule has 0 spiro atoms. The number of H-pyrrole nitrogens is 3. The Morgan fingerprint density at radius 2 is 0.790 bits per heavy atom. The van der Waals surface area contributed by atoms with E-state index in [4.69, 9.17) is 23.2 Å². The number of benzene rings is 9. The molecule has 0 saturated heterocycles. The van der Waals surface area contributed by atoms with Crippen molar-refractivity contribution in [2.24, 2.45) is 35.4 Å². The molecule has 0 atom stereocenters. The van der Waals surface area contributed by atoms with Gasteiger partial charge < -0.3 is 20.1 Å². The maximum Gasteiger partial charge on any atom is 0.297 e. The quantitative estimate of drug-likeness (QED) is 0.0235. The van der Waals surface area contributed by atoms with Gasteiger partial charge in [0.2, 0.25) is 33.4 Å². The van der Waals surface area contributed by atoms with Gasteiger partial charge in [0.1, 0.15) is 61.9 Å². The molecule has 0 fully saturated rings. The summed E-state index contributed by atoms with van der Waals surface area (Å²) in [5.41, 5.74) is -6.22. The summed E-state index contributed by atoms with van der Waals surface area (Å²) in [6.07, 6.45) is 0.